The van der Waals surface area contributed by atoms with Crippen LogP contribution in [0.3, 0.4) is 0 Å². The molecule has 0 spiro atoms. The normalized spacial score (nSPS) is 13.5. The maximum absolute atomic E-state index is 12.5. The van der Waals surface area contributed by atoms with Gasteiger partial charge in [-0.15, -0.1) is 10.2 Å². The second-order valence-corrected chi connectivity index (χ2v) is 7.38. The van der Waals surface area contributed by atoms with Crippen molar-refractivity contribution in [3.05, 3.63) is 71.8 Å². The molecule has 2 heterocycles. The van der Waals surface area contributed by atoms with Gasteiger partial charge in [0.25, 0.3) is 5.91 Å². The number of aryl methyl sites for hydroxylation is 1. The molecule has 1 amide bonds. The summed E-state index contributed by atoms with van der Waals surface area (Å²) in [5.41, 5.74) is 3.67. The highest BCUT2D eigenvalue weighted by Crippen LogP contribution is 2.22. The fraction of sp³-hybridized carbons (Fsp3) is 0.250. The van der Waals surface area contributed by atoms with Crippen LogP contribution in [0, 0.1) is 18.3 Å². The third-order valence-corrected chi connectivity index (χ3v) is 5.37. The zero-order chi connectivity index (χ0) is 21.6. The molecule has 7 heteroatoms. The highest BCUT2D eigenvalue weighted by Gasteiger charge is 2.22. The van der Waals surface area contributed by atoms with E-state index in [1.807, 2.05) is 30.3 Å². The van der Waals surface area contributed by atoms with Crippen molar-refractivity contribution < 1.29 is 9.53 Å². The Kier molecular flexibility index (Phi) is 6.08. The van der Waals surface area contributed by atoms with Crippen LogP contribution in [0.4, 0.5) is 5.82 Å². The fourth-order valence-electron chi connectivity index (χ4n) is 3.54. The zero-order valence-corrected chi connectivity index (χ0v) is 17.4. The van der Waals surface area contributed by atoms with Gasteiger partial charge >= 0.3 is 0 Å². The van der Waals surface area contributed by atoms with Crippen molar-refractivity contribution in [2.75, 3.05) is 37.7 Å². The lowest BCUT2D eigenvalue weighted by Gasteiger charge is -2.35. The lowest BCUT2D eigenvalue weighted by atomic mass is 10.1. The van der Waals surface area contributed by atoms with Crippen molar-refractivity contribution in [2.45, 2.75) is 6.92 Å². The summed E-state index contributed by atoms with van der Waals surface area (Å²) in [4.78, 5) is 16.4. The molecule has 0 aliphatic carbocycles. The molecular formula is C24H23N5O2. The van der Waals surface area contributed by atoms with E-state index in [0.717, 1.165) is 17.1 Å². The van der Waals surface area contributed by atoms with Gasteiger partial charge < -0.3 is 14.5 Å². The Morgan fingerprint density at radius 1 is 1.00 bits per heavy atom. The molecule has 1 aliphatic heterocycles. The summed E-state index contributed by atoms with van der Waals surface area (Å²) in [5.74, 6) is 1.35. The molecular weight excluding hydrogens is 390 g/mol. The number of rotatable bonds is 5. The zero-order valence-electron chi connectivity index (χ0n) is 17.4. The van der Waals surface area contributed by atoms with Crippen molar-refractivity contribution >= 4 is 11.7 Å². The Hall–Kier alpha value is -3.92. The van der Waals surface area contributed by atoms with E-state index in [9.17, 15) is 4.79 Å². The van der Waals surface area contributed by atoms with Crippen molar-refractivity contribution in [1.29, 1.82) is 5.26 Å². The number of amides is 1. The van der Waals surface area contributed by atoms with Gasteiger partial charge in [0.2, 0.25) is 0 Å². The molecule has 1 saturated heterocycles. The number of benzene rings is 2. The Labute approximate surface area is 181 Å². The lowest BCUT2D eigenvalue weighted by Crippen LogP contribution is -2.50. The number of piperazine rings is 1. The van der Waals surface area contributed by atoms with Gasteiger partial charge in [-0.3, -0.25) is 4.79 Å². The van der Waals surface area contributed by atoms with E-state index in [-0.39, 0.29) is 12.5 Å². The molecule has 3 aromatic rings. The molecule has 7 nitrogen and oxygen atoms in total. The molecule has 0 bridgehead atoms. The van der Waals surface area contributed by atoms with E-state index in [0.29, 0.717) is 37.5 Å². The van der Waals surface area contributed by atoms with Gasteiger partial charge in [-0.2, -0.15) is 5.26 Å². The molecule has 1 aliphatic rings. The quantitative estimate of drug-likeness (QED) is 0.639. The minimum atomic E-state index is -0.0509. The first kappa shape index (κ1) is 20.4. The van der Waals surface area contributed by atoms with Crippen molar-refractivity contribution in [1.82, 2.24) is 15.1 Å². The number of aromatic nitrogens is 2. The lowest BCUT2D eigenvalue weighted by molar-refractivity contribution is -0.133. The number of nitrogens with zero attached hydrogens (tertiary/aromatic N) is 5. The number of carbonyl (C=O) groups excluding carboxylic acids is 1. The van der Waals surface area contributed by atoms with E-state index in [1.165, 1.54) is 5.56 Å². The topological polar surface area (TPSA) is 82.4 Å². The third-order valence-electron chi connectivity index (χ3n) is 5.37. The van der Waals surface area contributed by atoms with Crippen LogP contribution in [-0.2, 0) is 4.79 Å². The van der Waals surface area contributed by atoms with Gasteiger partial charge in [-0.25, -0.2) is 0 Å². The molecule has 31 heavy (non-hydrogen) atoms. The molecule has 2 aromatic carbocycles. The average Bonchev–Trinajstić information content (AvgIpc) is 2.83. The first-order valence-corrected chi connectivity index (χ1v) is 10.2. The predicted molar refractivity (Wildman–Crippen MR) is 118 cm³/mol. The van der Waals surface area contributed by atoms with E-state index in [1.54, 1.807) is 29.2 Å². The minimum absolute atomic E-state index is 0.0170. The Bertz CT molecular complexity index is 1080. The van der Waals surface area contributed by atoms with Crippen molar-refractivity contribution in [3.63, 3.8) is 0 Å². The summed E-state index contributed by atoms with van der Waals surface area (Å²) in [6.45, 7) is 4.65. The number of anilines is 1. The summed E-state index contributed by atoms with van der Waals surface area (Å²) in [7, 11) is 0. The standard InChI is InChI=1S/C24H23N5O2/c1-18-4-2-3-5-21(18)22-10-11-23(27-26-22)28-12-14-29(15-13-28)24(30)17-31-20-8-6-19(16-25)7-9-20/h2-11H,12-15,17H2,1H3. The number of hydrogen-bond donors (Lipinski definition) is 0. The third kappa shape index (κ3) is 4.81. The monoisotopic (exact) mass is 413 g/mol. The maximum Gasteiger partial charge on any atom is 0.260 e. The van der Waals surface area contributed by atoms with Crippen LogP contribution >= 0.6 is 0 Å². The van der Waals surface area contributed by atoms with Crippen LogP contribution in [0.1, 0.15) is 11.1 Å². The Morgan fingerprint density at radius 3 is 2.39 bits per heavy atom. The molecule has 0 atom stereocenters. The van der Waals surface area contributed by atoms with Crippen LogP contribution in [-0.4, -0.2) is 53.8 Å². The minimum Gasteiger partial charge on any atom is -0.484 e. The van der Waals surface area contributed by atoms with E-state index < -0.39 is 0 Å². The second-order valence-electron chi connectivity index (χ2n) is 7.38. The van der Waals surface area contributed by atoms with Gasteiger partial charge in [0.05, 0.1) is 17.3 Å². The summed E-state index contributed by atoms with van der Waals surface area (Å²) >= 11 is 0. The van der Waals surface area contributed by atoms with Crippen LogP contribution in [0.2, 0.25) is 0 Å². The molecule has 156 valence electrons. The first-order valence-electron chi connectivity index (χ1n) is 10.2. The fourth-order valence-corrected chi connectivity index (χ4v) is 3.54. The van der Waals surface area contributed by atoms with Gasteiger partial charge in [-0.1, -0.05) is 24.3 Å². The van der Waals surface area contributed by atoms with Crippen molar-refractivity contribution in [3.8, 4) is 23.1 Å². The summed E-state index contributed by atoms with van der Waals surface area (Å²) in [6, 6.07) is 20.9. The van der Waals surface area contributed by atoms with E-state index >= 15 is 0 Å². The van der Waals surface area contributed by atoms with Crippen molar-refractivity contribution in [2.24, 2.45) is 0 Å². The summed E-state index contributed by atoms with van der Waals surface area (Å²) in [5, 5.41) is 17.6. The smallest absolute Gasteiger partial charge is 0.260 e. The van der Waals surface area contributed by atoms with Crippen LogP contribution < -0.4 is 9.64 Å². The summed E-state index contributed by atoms with van der Waals surface area (Å²) < 4.78 is 5.56. The van der Waals surface area contributed by atoms with E-state index in [4.69, 9.17) is 10.00 Å². The second kappa shape index (κ2) is 9.26. The van der Waals surface area contributed by atoms with Crippen LogP contribution in [0.5, 0.6) is 5.75 Å². The molecule has 0 radical (unpaired) electrons. The SMILES string of the molecule is Cc1ccccc1-c1ccc(N2CCN(C(=O)COc3ccc(C#N)cc3)CC2)nn1. The maximum atomic E-state index is 12.5. The van der Waals surface area contributed by atoms with Gasteiger partial charge in [0.15, 0.2) is 12.4 Å². The van der Waals surface area contributed by atoms with Gasteiger partial charge in [-0.05, 0) is 48.9 Å². The predicted octanol–water partition coefficient (Wildman–Crippen LogP) is 3.05. The first-order chi connectivity index (χ1) is 15.1. The molecule has 1 fully saturated rings. The number of hydrogen-bond acceptors (Lipinski definition) is 6. The average molecular weight is 413 g/mol. The van der Waals surface area contributed by atoms with Crippen LogP contribution in [0.25, 0.3) is 11.3 Å². The Balaban J connectivity index is 1.29. The highest BCUT2D eigenvalue weighted by atomic mass is 16.5. The van der Waals surface area contributed by atoms with Gasteiger partial charge in [0.1, 0.15) is 5.75 Å². The molecule has 0 N–H and O–H groups in total. The largest absolute Gasteiger partial charge is 0.484 e. The highest BCUT2D eigenvalue weighted by molar-refractivity contribution is 5.78. The Morgan fingerprint density at radius 2 is 1.74 bits per heavy atom. The summed E-state index contributed by atoms with van der Waals surface area (Å²) in [6.07, 6.45) is 0. The van der Waals surface area contributed by atoms with Crippen LogP contribution in [0.15, 0.2) is 60.7 Å². The number of carbonyl (C=O) groups is 1. The molecule has 0 unspecified atom stereocenters. The number of ether oxygens (including phenoxy) is 1. The number of nitriles is 1. The molecule has 1 aromatic heterocycles. The van der Waals surface area contributed by atoms with E-state index in [2.05, 4.69) is 34.2 Å². The molecule has 0 saturated carbocycles. The van der Waals surface area contributed by atoms with Gasteiger partial charge in [0, 0.05) is 31.7 Å². The molecule has 4 rings (SSSR count).